The third-order valence-corrected chi connectivity index (χ3v) is 5.39. The normalized spacial score (nSPS) is 25.7. The molecule has 1 N–H and O–H groups in total. The first-order valence-corrected chi connectivity index (χ1v) is 8.93. The number of rotatable bonds is 5. The molecule has 0 spiro atoms. The number of Topliss-reactive ketones (excluding diaryl/α,β-unsaturated/α-hetero) is 1. The van der Waals surface area contributed by atoms with Crippen molar-refractivity contribution in [1.29, 1.82) is 0 Å². The molecule has 4 rings (SSSR count). The predicted octanol–water partition coefficient (Wildman–Crippen LogP) is 3.36. The summed E-state index contributed by atoms with van der Waals surface area (Å²) in [6, 6.07) is 16.5. The number of nitrogens with zero attached hydrogens (tertiary/aromatic N) is 1. The van der Waals surface area contributed by atoms with Gasteiger partial charge in [0.2, 0.25) is 0 Å². The Balaban J connectivity index is 1.29. The molecular weight excluding hydrogens is 314 g/mol. The molecule has 2 fully saturated rings. The monoisotopic (exact) mass is 337 g/mol. The summed E-state index contributed by atoms with van der Waals surface area (Å²) in [4.78, 5) is 14.7. The summed E-state index contributed by atoms with van der Waals surface area (Å²) in [7, 11) is 0. The number of hydrogen-bond donors (Lipinski definition) is 1. The molecule has 4 heteroatoms. The van der Waals surface area contributed by atoms with E-state index in [1.54, 1.807) is 24.3 Å². The number of ether oxygens (including phenoxy) is 1. The molecule has 2 aliphatic rings. The van der Waals surface area contributed by atoms with Gasteiger partial charge in [-0.3, -0.25) is 9.69 Å². The molecule has 25 heavy (non-hydrogen) atoms. The molecule has 1 saturated carbocycles. The SMILES string of the molecule is O=C(CN1CC2CC(Oc3ccccc3)CC2C1)c1ccc(O)cc1. The lowest BCUT2D eigenvalue weighted by molar-refractivity contribution is 0.0936. The zero-order chi connectivity index (χ0) is 17.2. The molecule has 0 amide bonds. The van der Waals surface area contributed by atoms with Crippen LogP contribution in [0.3, 0.4) is 0 Å². The van der Waals surface area contributed by atoms with E-state index < -0.39 is 0 Å². The van der Waals surface area contributed by atoms with E-state index in [0.29, 0.717) is 30.0 Å². The van der Waals surface area contributed by atoms with E-state index >= 15 is 0 Å². The summed E-state index contributed by atoms with van der Waals surface area (Å²) in [5, 5.41) is 9.33. The molecule has 130 valence electrons. The Hall–Kier alpha value is -2.33. The van der Waals surface area contributed by atoms with Gasteiger partial charge >= 0.3 is 0 Å². The lowest BCUT2D eigenvalue weighted by Crippen LogP contribution is -2.30. The van der Waals surface area contributed by atoms with Gasteiger partial charge in [0.05, 0.1) is 12.6 Å². The van der Waals surface area contributed by atoms with Crippen molar-refractivity contribution in [3.05, 3.63) is 60.2 Å². The van der Waals surface area contributed by atoms with Crippen molar-refractivity contribution in [3.8, 4) is 11.5 Å². The van der Waals surface area contributed by atoms with Gasteiger partial charge in [-0.1, -0.05) is 18.2 Å². The van der Waals surface area contributed by atoms with Crippen LogP contribution >= 0.6 is 0 Å². The zero-order valence-electron chi connectivity index (χ0n) is 14.2. The average molecular weight is 337 g/mol. The van der Waals surface area contributed by atoms with Gasteiger partial charge in [0.15, 0.2) is 5.78 Å². The number of phenolic OH excluding ortho intramolecular Hbond substituents is 1. The van der Waals surface area contributed by atoms with Crippen LogP contribution in [0.4, 0.5) is 0 Å². The molecular formula is C21H23NO3. The minimum absolute atomic E-state index is 0.122. The number of carbonyl (C=O) groups excluding carboxylic acids is 1. The van der Waals surface area contributed by atoms with Crippen LogP contribution in [0.25, 0.3) is 0 Å². The lowest BCUT2D eigenvalue weighted by atomic mass is 10.0. The van der Waals surface area contributed by atoms with Crippen LogP contribution in [0.1, 0.15) is 23.2 Å². The zero-order valence-corrected chi connectivity index (χ0v) is 14.2. The Labute approximate surface area is 148 Å². The minimum atomic E-state index is 0.122. The number of aromatic hydroxyl groups is 1. The van der Waals surface area contributed by atoms with Crippen LogP contribution in [-0.4, -0.2) is 41.5 Å². The number of hydrogen-bond acceptors (Lipinski definition) is 4. The smallest absolute Gasteiger partial charge is 0.176 e. The van der Waals surface area contributed by atoms with E-state index in [9.17, 15) is 9.90 Å². The van der Waals surface area contributed by atoms with Gasteiger partial charge in [-0.2, -0.15) is 0 Å². The largest absolute Gasteiger partial charge is 0.508 e. The van der Waals surface area contributed by atoms with Crippen molar-refractivity contribution in [2.45, 2.75) is 18.9 Å². The van der Waals surface area contributed by atoms with Crippen molar-refractivity contribution >= 4 is 5.78 Å². The van der Waals surface area contributed by atoms with Crippen molar-refractivity contribution < 1.29 is 14.6 Å². The Bertz CT molecular complexity index is 715. The number of carbonyl (C=O) groups is 1. The van der Waals surface area contributed by atoms with E-state index in [-0.39, 0.29) is 11.5 Å². The van der Waals surface area contributed by atoms with Crippen LogP contribution in [0.15, 0.2) is 54.6 Å². The number of para-hydroxylation sites is 1. The Kier molecular flexibility index (Phi) is 4.45. The lowest BCUT2D eigenvalue weighted by Gasteiger charge is -2.19. The fourth-order valence-electron chi connectivity index (χ4n) is 4.20. The first-order chi connectivity index (χ1) is 12.2. The van der Waals surface area contributed by atoms with Crippen LogP contribution in [-0.2, 0) is 0 Å². The molecule has 2 atom stereocenters. The van der Waals surface area contributed by atoms with E-state index in [1.807, 2.05) is 30.3 Å². The van der Waals surface area contributed by atoms with Crippen LogP contribution in [0, 0.1) is 11.8 Å². The highest BCUT2D eigenvalue weighted by Crippen LogP contribution is 2.39. The summed E-state index contributed by atoms with van der Waals surface area (Å²) in [6.07, 6.45) is 2.44. The maximum atomic E-state index is 12.4. The van der Waals surface area contributed by atoms with Gasteiger partial charge in [-0.05, 0) is 61.1 Å². The van der Waals surface area contributed by atoms with Crippen LogP contribution in [0.5, 0.6) is 11.5 Å². The molecule has 2 unspecified atom stereocenters. The summed E-state index contributed by atoms with van der Waals surface area (Å²) in [5.74, 6) is 2.52. The fraction of sp³-hybridized carbons (Fsp3) is 0.381. The molecule has 1 aliphatic heterocycles. The molecule has 0 aromatic heterocycles. The van der Waals surface area contributed by atoms with Crippen LogP contribution in [0.2, 0.25) is 0 Å². The molecule has 1 saturated heterocycles. The van der Waals surface area contributed by atoms with Gasteiger partial charge in [-0.15, -0.1) is 0 Å². The summed E-state index contributed by atoms with van der Waals surface area (Å²) >= 11 is 0. The maximum absolute atomic E-state index is 12.4. The summed E-state index contributed by atoms with van der Waals surface area (Å²) < 4.78 is 6.10. The van der Waals surface area contributed by atoms with Gasteiger partial charge in [0.1, 0.15) is 11.5 Å². The van der Waals surface area contributed by atoms with E-state index in [2.05, 4.69) is 4.90 Å². The molecule has 0 bridgehead atoms. The molecule has 0 radical (unpaired) electrons. The van der Waals surface area contributed by atoms with Crippen molar-refractivity contribution in [3.63, 3.8) is 0 Å². The van der Waals surface area contributed by atoms with E-state index in [1.165, 1.54) is 0 Å². The number of ketones is 1. The quantitative estimate of drug-likeness (QED) is 0.850. The first-order valence-electron chi connectivity index (χ1n) is 8.93. The number of benzene rings is 2. The highest BCUT2D eigenvalue weighted by Gasteiger charge is 2.42. The third kappa shape index (κ3) is 3.69. The number of likely N-dealkylation sites (tertiary alicyclic amines) is 1. The standard InChI is InChI=1S/C21H23NO3/c23-18-8-6-15(7-9-18)21(24)14-22-12-16-10-20(11-17(16)13-22)25-19-4-2-1-3-5-19/h1-9,16-17,20,23H,10-14H2. The summed E-state index contributed by atoms with van der Waals surface area (Å²) in [6.45, 7) is 2.41. The Morgan fingerprint density at radius 1 is 1.00 bits per heavy atom. The van der Waals surface area contributed by atoms with Gasteiger partial charge in [-0.25, -0.2) is 0 Å². The van der Waals surface area contributed by atoms with Gasteiger partial charge in [0, 0.05) is 18.7 Å². The highest BCUT2D eigenvalue weighted by atomic mass is 16.5. The van der Waals surface area contributed by atoms with E-state index in [0.717, 1.165) is 31.7 Å². The summed E-state index contributed by atoms with van der Waals surface area (Å²) in [5.41, 5.74) is 0.667. The molecule has 1 heterocycles. The number of phenols is 1. The number of fused-ring (bicyclic) bond motifs is 1. The third-order valence-electron chi connectivity index (χ3n) is 5.39. The van der Waals surface area contributed by atoms with Crippen molar-refractivity contribution in [2.75, 3.05) is 19.6 Å². The molecule has 1 aliphatic carbocycles. The average Bonchev–Trinajstić information content (AvgIpc) is 3.14. The van der Waals surface area contributed by atoms with Crippen LogP contribution < -0.4 is 4.74 Å². The Morgan fingerprint density at radius 2 is 1.64 bits per heavy atom. The van der Waals surface area contributed by atoms with E-state index in [4.69, 9.17) is 4.74 Å². The maximum Gasteiger partial charge on any atom is 0.176 e. The molecule has 4 nitrogen and oxygen atoms in total. The highest BCUT2D eigenvalue weighted by molar-refractivity contribution is 5.97. The van der Waals surface area contributed by atoms with Gasteiger partial charge < -0.3 is 9.84 Å². The minimum Gasteiger partial charge on any atom is -0.508 e. The second kappa shape index (κ2) is 6.89. The molecule has 2 aromatic rings. The van der Waals surface area contributed by atoms with Gasteiger partial charge in [0.25, 0.3) is 0 Å². The second-order valence-corrected chi connectivity index (χ2v) is 7.21. The molecule has 2 aromatic carbocycles. The van der Waals surface area contributed by atoms with Crippen molar-refractivity contribution in [2.24, 2.45) is 11.8 Å². The first kappa shape index (κ1) is 16.2. The Morgan fingerprint density at radius 3 is 2.28 bits per heavy atom. The topological polar surface area (TPSA) is 49.8 Å². The fourth-order valence-corrected chi connectivity index (χ4v) is 4.20. The van der Waals surface area contributed by atoms with Crippen molar-refractivity contribution in [1.82, 2.24) is 4.90 Å². The second-order valence-electron chi connectivity index (χ2n) is 7.21. The predicted molar refractivity (Wildman–Crippen MR) is 95.9 cm³/mol.